The highest BCUT2D eigenvalue weighted by Crippen LogP contribution is 2.03. The van der Waals surface area contributed by atoms with Crippen LogP contribution in [0.5, 0.6) is 0 Å². The number of hydrogen-bond acceptors (Lipinski definition) is 6. The number of carbonyl (C=O) groups is 3. The monoisotopic (exact) mass is 305 g/mol. The summed E-state index contributed by atoms with van der Waals surface area (Å²) in [5.74, 6) is -1.72. The summed E-state index contributed by atoms with van der Waals surface area (Å²) in [7, 11) is 0. The van der Waals surface area contributed by atoms with Crippen LogP contribution in [-0.4, -0.2) is 30.4 Å². The van der Waals surface area contributed by atoms with Gasteiger partial charge in [-0.25, -0.2) is 9.59 Å². The van der Waals surface area contributed by atoms with E-state index in [9.17, 15) is 14.4 Å². The summed E-state index contributed by atoms with van der Waals surface area (Å²) >= 11 is 0. The maximum atomic E-state index is 11.8. The summed E-state index contributed by atoms with van der Waals surface area (Å²) in [5, 5.41) is 0. The van der Waals surface area contributed by atoms with Gasteiger partial charge < -0.3 is 15.2 Å². The molecule has 0 radical (unpaired) electrons. The predicted molar refractivity (Wildman–Crippen MR) is 79.8 cm³/mol. The molecule has 0 aliphatic carbocycles. The van der Waals surface area contributed by atoms with Gasteiger partial charge in [-0.05, 0) is 13.8 Å². The molecule has 0 aliphatic heterocycles. The standard InChI is InChI=1S/C16H19NO5/c1-11(2)22-15(19)10-13(17)16(20)21-9-8-14(18)12-6-4-3-5-7-12/h3-7,10-11H,8-9,17H2,1-2H3/b13-10-. The van der Waals surface area contributed by atoms with E-state index in [-0.39, 0.29) is 30.6 Å². The molecular formula is C16H19NO5. The third-order valence-electron chi connectivity index (χ3n) is 2.52. The second-order valence-corrected chi connectivity index (χ2v) is 4.76. The smallest absolute Gasteiger partial charge is 0.354 e. The summed E-state index contributed by atoms with van der Waals surface area (Å²) in [6.45, 7) is 3.24. The van der Waals surface area contributed by atoms with Crippen LogP contribution in [0, 0.1) is 0 Å². The van der Waals surface area contributed by atoms with Crippen LogP contribution in [-0.2, 0) is 19.1 Å². The van der Waals surface area contributed by atoms with Crippen molar-refractivity contribution in [2.45, 2.75) is 26.4 Å². The van der Waals surface area contributed by atoms with Crippen LogP contribution in [0.15, 0.2) is 42.1 Å². The molecule has 0 saturated heterocycles. The molecule has 0 amide bonds. The maximum Gasteiger partial charge on any atom is 0.354 e. The molecule has 0 saturated carbocycles. The van der Waals surface area contributed by atoms with Crippen molar-refractivity contribution in [3.05, 3.63) is 47.7 Å². The molecule has 2 N–H and O–H groups in total. The highest BCUT2D eigenvalue weighted by molar-refractivity contribution is 5.97. The Morgan fingerprint density at radius 1 is 1.18 bits per heavy atom. The highest BCUT2D eigenvalue weighted by Gasteiger charge is 2.12. The van der Waals surface area contributed by atoms with E-state index in [1.54, 1.807) is 44.2 Å². The van der Waals surface area contributed by atoms with Crippen molar-refractivity contribution in [2.24, 2.45) is 5.73 Å². The van der Waals surface area contributed by atoms with Crippen molar-refractivity contribution in [1.29, 1.82) is 0 Å². The Morgan fingerprint density at radius 2 is 1.82 bits per heavy atom. The molecule has 6 nitrogen and oxygen atoms in total. The number of ether oxygens (including phenoxy) is 2. The normalized spacial score (nSPS) is 11.1. The molecule has 1 rings (SSSR count). The van der Waals surface area contributed by atoms with Gasteiger partial charge in [-0.2, -0.15) is 0 Å². The fourth-order valence-electron chi connectivity index (χ4n) is 1.54. The van der Waals surface area contributed by atoms with Crippen LogP contribution >= 0.6 is 0 Å². The zero-order valence-electron chi connectivity index (χ0n) is 12.6. The van der Waals surface area contributed by atoms with Crippen molar-refractivity contribution in [2.75, 3.05) is 6.61 Å². The van der Waals surface area contributed by atoms with Crippen LogP contribution < -0.4 is 5.73 Å². The molecule has 1 aromatic rings. The molecule has 0 atom stereocenters. The zero-order valence-corrected chi connectivity index (χ0v) is 12.6. The van der Waals surface area contributed by atoms with Crippen LogP contribution in [0.4, 0.5) is 0 Å². The summed E-state index contributed by atoms with van der Waals surface area (Å²) < 4.78 is 9.66. The molecule has 0 aliphatic rings. The number of Topliss-reactive ketones (excluding diaryl/α,β-unsaturated/α-hetero) is 1. The lowest BCUT2D eigenvalue weighted by atomic mass is 10.1. The Kier molecular flexibility index (Phi) is 6.82. The van der Waals surface area contributed by atoms with Crippen LogP contribution in [0.25, 0.3) is 0 Å². The number of hydrogen-bond donors (Lipinski definition) is 1. The van der Waals surface area contributed by atoms with Crippen molar-refractivity contribution in [3.63, 3.8) is 0 Å². The lowest BCUT2D eigenvalue weighted by molar-refractivity contribution is -0.143. The van der Waals surface area contributed by atoms with Gasteiger partial charge in [0.05, 0.1) is 18.8 Å². The van der Waals surface area contributed by atoms with Crippen LogP contribution in [0.2, 0.25) is 0 Å². The first-order chi connectivity index (χ1) is 10.4. The van der Waals surface area contributed by atoms with E-state index in [2.05, 4.69) is 0 Å². The lowest BCUT2D eigenvalue weighted by Gasteiger charge is -2.06. The van der Waals surface area contributed by atoms with Gasteiger partial charge in [0.1, 0.15) is 5.70 Å². The third kappa shape index (κ3) is 6.21. The van der Waals surface area contributed by atoms with E-state index < -0.39 is 11.9 Å². The Hall–Kier alpha value is -2.63. The number of esters is 2. The van der Waals surface area contributed by atoms with E-state index >= 15 is 0 Å². The van der Waals surface area contributed by atoms with Gasteiger partial charge >= 0.3 is 11.9 Å². The topological polar surface area (TPSA) is 95.7 Å². The first kappa shape index (κ1) is 17.4. The molecule has 118 valence electrons. The van der Waals surface area contributed by atoms with Gasteiger partial charge in [-0.3, -0.25) is 4.79 Å². The number of ketones is 1. The van der Waals surface area contributed by atoms with Crippen molar-refractivity contribution in [1.82, 2.24) is 0 Å². The summed E-state index contributed by atoms with van der Waals surface area (Å²) in [6.07, 6.45) is 0.594. The molecule has 0 aromatic heterocycles. The predicted octanol–water partition coefficient (Wildman–Crippen LogP) is 1.60. The minimum Gasteiger partial charge on any atom is -0.461 e. The van der Waals surface area contributed by atoms with E-state index in [1.807, 2.05) is 0 Å². The Morgan fingerprint density at radius 3 is 2.41 bits per heavy atom. The van der Waals surface area contributed by atoms with Gasteiger partial charge in [0.25, 0.3) is 0 Å². The first-order valence-corrected chi connectivity index (χ1v) is 6.83. The molecule has 22 heavy (non-hydrogen) atoms. The molecule has 0 spiro atoms. The largest absolute Gasteiger partial charge is 0.461 e. The average Bonchev–Trinajstić information content (AvgIpc) is 2.46. The van der Waals surface area contributed by atoms with Crippen molar-refractivity contribution >= 4 is 17.7 Å². The molecule has 0 heterocycles. The van der Waals surface area contributed by atoms with Crippen LogP contribution in [0.1, 0.15) is 30.6 Å². The molecular weight excluding hydrogens is 286 g/mol. The Balaban J connectivity index is 2.41. The molecule has 1 aromatic carbocycles. The van der Waals surface area contributed by atoms with E-state index in [4.69, 9.17) is 15.2 Å². The van der Waals surface area contributed by atoms with E-state index in [0.717, 1.165) is 6.08 Å². The lowest BCUT2D eigenvalue weighted by Crippen LogP contribution is -2.19. The Bertz CT molecular complexity index is 563. The Labute approximate surface area is 128 Å². The zero-order chi connectivity index (χ0) is 16.5. The van der Waals surface area contributed by atoms with E-state index in [0.29, 0.717) is 5.56 Å². The molecule has 0 unspecified atom stereocenters. The molecule has 0 fully saturated rings. The van der Waals surface area contributed by atoms with Gasteiger partial charge in [0.15, 0.2) is 5.78 Å². The van der Waals surface area contributed by atoms with Gasteiger partial charge in [-0.1, -0.05) is 30.3 Å². The van der Waals surface area contributed by atoms with Gasteiger partial charge in [0.2, 0.25) is 0 Å². The summed E-state index contributed by atoms with van der Waals surface area (Å²) in [6, 6.07) is 8.67. The number of nitrogens with two attached hydrogens (primary N) is 1. The summed E-state index contributed by atoms with van der Waals surface area (Å²) in [5.41, 5.74) is 5.60. The SMILES string of the molecule is CC(C)OC(=O)/C=C(\N)C(=O)OCCC(=O)c1ccccc1. The maximum absolute atomic E-state index is 11.8. The van der Waals surface area contributed by atoms with E-state index in [1.165, 1.54) is 0 Å². The average molecular weight is 305 g/mol. The molecule has 0 bridgehead atoms. The van der Waals surface area contributed by atoms with Gasteiger partial charge in [0, 0.05) is 12.0 Å². The fourth-order valence-corrected chi connectivity index (χ4v) is 1.54. The minimum absolute atomic E-state index is 0.0411. The first-order valence-electron chi connectivity index (χ1n) is 6.83. The van der Waals surface area contributed by atoms with Crippen LogP contribution in [0.3, 0.4) is 0 Å². The fraction of sp³-hybridized carbons (Fsp3) is 0.312. The summed E-state index contributed by atoms with van der Waals surface area (Å²) in [4.78, 5) is 34.6. The third-order valence-corrected chi connectivity index (χ3v) is 2.52. The second-order valence-electron chi connectivity index (χ2n) is 4.76. The number of carbonyl (C=O) groups excluding carboxylic acids is 3. The van der Waals surface area contributed by atoms with Crippen molar-refractivity contribution < 1.29 is 23.9 Å². The van der Waals surface area contributed by atoms with Gasteiger partial charge in [-0.15, -0.1) is 0 Å². The highest BCUT2D eigenvalue weighted by atomic mass is 16.5. The number of rotatable bonds is 7. The number of benzene rings is 1. The molecule has 6 heteroatoms. The quantitative estimate of drug-likeness (QED) is 0.467. The van der Waals surface area contributed by atoms with Crippen molar-refractivity contribution in [3.8, 4) is 0 Å². The second kappa shape index (κ2) is 8.61. The minimum atomic E-state index is -0.860.